The fraction of sp³-hybridized carbons (Fsp3) is 0.333. The first kappa shape index (κ1) is 12.1. The van der Waals surface area contributed by atoms with Crippen LogP contribution in [-0.2, 0) is 17.4 Å². The zero-order chi connectivity index (χ0) is 11.1. The summed E-state index contributed by atoms with van der Waals surface area (Å²) < 4.78 is 12.5. The highest BCUT2D eigenvalue weighted by molar-refractivity contribution is 7.81. The van der Waals surface area contributed by atoms with Crippen molar-refractivity contribution in [3.63, 3.8) is 0 Å². The Morgan fingerprint density at radius 3 is 3.00 bits per heavy atom. The number of hydrogen-bond acceptors (Lipinski definition) is 3. The van der Waals surface area contributed by atoms with Gasteiger partial charge in [0, 0.05) is 22.9 Å². The lowest BCUT2D eigenvalue weighted by Gasteiger charge is -2.00. The van der Waals surface area contributed by atoms with Crippen molar-refractivity contribution in [2.75, 3.05) is 5.75 Å². The van der Waals surface area contributed by atoms with Crippen molar-refractivity contribution in [2.45, 2.75) is 12.8 Å². The highest BCUT2D eigenvalue weighted by atomic mass is 35.5. The fourth-order valence-electron chi connectivity index (χ4n) is 1.05. The number of aryl methyl sites for hydroxylation is 1. The monoisotopic (exact) mass is 243 g/mol. The Bertz CT molecular complexity index is 385. The molecular formula is C9H10ClN3OS. The standard InChI is InChI=1S/C9H10ClN3OS/c10-9-4-3-8(6-12-9)2-1-5-15(14)13-7-11/h3-4,6H,1-2,5H2,(H,13,14). The lowest BCUT2D eigenvalue weighted by molar-refractivity contribution is 0.644. The van der Waals surface area contributed by atoms with Gasteiger partial charge in [-0.05, 0) is 24.5 Å². The second-order valence-corrected chi connectivity index (χ2v) is 4.49. The molecule has 0 fully saturated rings. The van der Waals surface area contributed by atoms with Crippen LogP contribution in [0.15, 0.2) is 22.7 Å². The Morgan fingerprint density at radius 1 is 1.60 bits per heavy atom. The Labute approximate surface area is 95.8 Å². The topological polar surface area (TPSA) is 69.3 Å². The molecule has 0 aliphatic rings. The van der Waals surface area contributed by atoms with E-state index < -0.39 is 11.0 Å². The lowest BCUT2D eigenvalue weighted by Crippen LogP contribution is -1.97. The molecule has 0 spiro atoms. The van der Waals surface area contributed by atoms with Gasteiger partial charge in [0.25, 0.3) is 0 Å². The minimum absolute atomic E-state index is 0.472. The van der Waals surface area contributed by atoms with Crippen molar-refractivity contribution in [1.29, 1.82) is 5.26 Å². The maximum atomic E-state index is 9.17. The molecule has 1 aromatic heterocycles. The summed E-state index contributed by atoms with van der Waals surface area (Å²) in [6.45, 7) is 0. The van der Waals surface area contributed by atoms with Gasteiger partial charge in [-0.2, -0.15) is 5.26 Å². The van der Waals surface area contributed by atoms with E-state index in [0.29, 0.717) is 10.9 Å². The zero-order valence-electron chi connectivity index (χ0n) is 7.93. The molecule has 0 amide bonds. The van der Waals surface area contributed by atoms with Crippen LogP contribution in [0.4, 0.5) is 0 Å². The van der Waals surface area contributed by atoms with E-state index in [4.69, 9.17) is 16.9 Å². The van der Waals surface area contributed by atoms with E-state index in [1.165, 1.54) is 0 Å². The largest absolute Gasteiger partial charge is 0.321 e. The second kappa shape index (κ2) is 6.51. The Morgan fingerprint density at radius 2 is 2.40 bits per heavy atom. The summed E-state index contributed by atoms with van der Waals surface area (Å²) in [7, 11) is -1.13. The fourth-order valence-corrected chi connectivity index (χ4v) is 1.75. The van der Waals surface area contributed by atoms with Gasteiger partial charge in [0.15, 0.2) is 0 Å². The molecule has 80 valence electrons. The molecule has 15 heavy (non-hydrogen) atoms. The van der Waals surface area contributed by atoms with Crippen LogP contribution in [-0.4, -0.2) is 15.3 Å². The summed E-state index contributed by atoms with van der Waals surface area (Å²) >= 11 is 5.64. The Kier molecular flexibility index (Phi) is 5.26. The van der Waals surface area contributed by atoms with Gasteiger partial charge in [0.2, 0.25) is 6.19 Å². The van der Waals surface area contributed by atoms with Crippen molar-refractivity contribution in [2.24, 2.45) is 4.36 Å². The van der Waals surface area contributed by atoms with Crippen molar-refractivity contribution in [3.8, 4) is 6.19 Å². The predicted octanol–water partition coefficient (Wildman–Crippen LogP) is 2.42. The molecule has 0 saturated heterocycles. The van der Waals surface area contributed by atoms with Crippen LogP contribution in [0, 0.1) is 11.5 Å². The van der Waals surface area contributed by atoms with Crippen LogP contribution in [0.25, 0.3) is 0 Å². The van der Waals surface area contributed by atoms with Crippen molar-refractivity contribution >= 4 is 22.6 Å². The Balaban J connectivity index is 2.36. The number of pyridine rings is 1. The first-order chi connectivity index (χ1) is 7.22. The zero-order valence-corrected chi connectivity index (χ0v) is 9.50. The third kappa shape index (κ3) is 4.88. The van der Waals surface area contributed by atoms with Crippen molar-refractivity contribution < 1.29 is 4.55 Å². The van der Waals surface area contributed by atoms with Crippen LogP contribution in [0.2, 0.25) is 5.15 Å². The van der Waals surface area contributed by atoms with E-state index in [1.54, 1.807) is 18.5 Å². The molecule has 0 aromatic carbocycles. The number of aromatic nitrogens is 1. The third-order valence-electron chi connectivity index (χ3n) is 1.73. The SMILES string of the molecule is N#CN=S(O)CCCc1ccc(Cl)nc1. The lowest BCUT2D eigenvalue weighted by atomic mass is 10.2. The summed E-state index contributed by atoms with van der Waals surface area (Å²) in [5.74, 6) is 0.510. The van der Waals surface area contributed by atoms with Gasteiger partial charge in [0.05, 0.1) is 0 Å². The van der Waals surface area contributed by atoms with E-state index in [9.17, 15) is 4.55 Å². The van der Waals surface area contributed by atoms with Gasteiger partial charge in [-0.25, -0.2) is 4.98 Å². The molecule has 0 bridgehead atoms. The molecule has 4 nitrogen and oxygen atoms in total. The first-order valence-electron chi connectivity index (χ1n) is 4.32. The number of nitriles is 1. The Hall–Kier alpha value is -0.960. The molecule has 1 unspecified atom stereocenters. The molecule has 0 aliphatic carbocycles. The molecule has 1 atom stereocenters. The van der Waals surface area contributed by atoms with Gasteiger partial charge >= 0.3 is 0 Å². The molecule has 6 heteroatoms. The maximum absolute atomic E-state index is 9.17. The summed E-state index contributed by atoms with van der Waals surface area (Å²) in [5, 5.41) is 8.66. The van der Waals surface area contributed by atoms with Gasteiger partial charge in [-0.3, -0.25) is 0 Å². The molecule has 1 heterocycles. The molecule has 1 rings (SSSR count). The summed E-state index contributed by atoms with van der Waals surface area (Å²) in [6.07, 6.45) is 4.86. The highest BCUT2D eigenvalue weighted by Gasteiger charge is 1.96. The van der Waals surface area contributed by atoms with Crippen LogP contribution >= 0.6 is 11.6 Å². The molecule has 0 aliphatic heterocycles. The van der Waals surface area contributed by atoms with E-state index in [1.807, 2.05) is 6.07 Å². The number of nitrogens with zero attached hydrogens (tertiary/aromatic N) is 3. The quantitative estimate of drug-likeness (QED) is 0.652. The van der Waals surface area contributed by atoms with Crippen LogP contribution in [0.5, 0.6) is 0 Å². The minimum atomic E-state index is -1.13. The number of hydrogen-bond donors (Lipinski definition) is 1. The van der Waals surface area contributed by atoms with Gasteiger partial charge in [0.1, 0.15) is 5.15 Å². The van der Waals surface area contributed by atoms with Crippen LogP contribution < -0.4 is 0 Å². The highest BCUT2D eigenvalue weighted by Crippen LogP contribution is 2.07. The summed E-state index contributed by atoms with van der Waals surface area (Å²) in [5.41, 5.74) is 1.06. The maximum Gasteiger partial charge on any atom is 0.214 e. The van der Waals surface area contributed by atoms with Crippen LogP contribution in [0.1, 0.15) is 12.0 Å². The van der Waals surface area contributed by atoms with E-state index in [-0.39, 0.29) is 0 Å². The average Bonchev–Trinajstić information content (AvgIpc) is 2.21. The molecular weight excluding hydrogens is 234 g/mol. The molecule has 0 saturated carbocycles. The van der Waals surface area contributed by atoms with Gasteiger partial charge in [-0.1, -0.05) is 17.7 Å². The normalized spacial score (nSPS) is 12.3. The summed E-state index contributed by atoms with van der Waals surface area (Å²) in [4.78, 5) is 3.94. The first-order valence-corrected chi connectivity index (χ1v) is 6.01. The number of halogens is 1. The third-order valence-corrected chi connectivity index (χ3v) is 2.90. The van der Waals surface area contributed by atoms with Gasteiger partial charge in [-0.15, -0.1) is 4.36 Å². The van der Waals surface area contributed by atoms with Gasteiger partial charge < -0.3 is 4.55 Å². The summed E-state index contributed by atoms with van der Waals surface area (Å²) in [6, 6.07) is 3.63. The molecule has 1 N–H and O–H groups in total. The molecule has 0 radical (unpaired) electrons. The van der Waals surface area contributed by atoms with Crippen molar-refractivity contribution in [3.05, 3.63) is 29.0 Å². The average molecular weight is 244 g/mol. The smallest absolute Gasteiger partial charge is 0.214 e. The second-order valence-electron chi connectivity index (χ2n) is 2.83. The predicted molar refractivity (Wildman–Crippen MR) is 60.5 cm³/mol. The van der Waals surface area contributed by atoms with Crippen molar-refractivity contribution in [1.82, 2.24) is 4.98 Å². The van der Waals surface area contributed by atoms with E-state index >= 15 is 0 Å². The molecule has 1 aromatic rings. The minimum Gasteiger partial charge on any atom is -0.321 e. The van der Waals surface area contributed by atoms with E-state index in [2.05, 4.69) is 9.35 Å². The van der Waals surface area contributed by atoms with E-state index in [0.717, 1.165) is 18.4 Å². The van der Waals surface area contributed by atoms with Crippen LogP contribution in [0.3, 0.4) is 0 Å². The number of rotatable bonds is 4.